The molecular weight excluding hydrogens is 216 g/mol. The van der Waals surface area contributed by atoms with Gasteiger partial charge in [-0.25, -0.2) is 0 Å². The molecule has 1 rings (SSSR count). The van der Waals surface area contributed by atoms with E-state index in [2.05, 4.69) is 0 Å². The molecule has 0 bridgehead atoms. The number of benzene rings is 1. The van der Waals surface area contributed by atoms with Crippen molar-refractivity contribution in [3.63, 3.8) is 0 Å². The van der Waals surface area contributed by atoms with Crippen molar-refractivity contribution >= 4 is 5.97 Å². The van der Waals surface area contributed by atoms with Crippen LogP contribution in [0.2, 0.25) is 0 Å². The third-order valence-electron chi connectivity index (χ3n) is 2.76. The molecule has 0 aliphatic heterocycles. The first-order valence-electron chi connectivity index (χ1n) is 5.91. The molecule has 0 fully saturated rings. The van der Waals surface area contributed by atoms with Gasteiger partial charge in [0.1, 0.15) is 5.75 Å². The van der Waals surface area contributed by atoms with E-state index in [9.17, 15) is 4.79 Å². The Bertz CT molecular complexity index is 385. The molecule has 0 aliphatic carbocycles. The second-order valence-electron chi connectivity index (χ2n) is 4.30. The molecule has 3 nitrogen and oxygen atoms in total. The quantitative estimate of drug-likeness (QED) is 0.581. The Morgan fingerprint density at radius 1 is 1.35 bits per heavy atom. The van der Waals surface area contributed by atoms with E-state index in [0.717, 1.165) is 17.7 Å². The summed E-state index contributed by atoms with van der Waals surface area (Å²) in [5.74, 6) is 0.475. The topological polar surface area (TPSA) is 35.5 Å². The van der Waals surface area contributed by atoms with E-state index in [1.165, 1.54) is 5.56 Å². The monoisotopic (exact) mass is 236 g/mol. The highest BCUT2D eigenvalue weighted by Gasteiger charge is 2.11. The zero-order chi connectivity index (χ0) is 12.8. The van der Waals surface area contributed by atoms with Gasteiger partial charge in [-0.1, -0.05) is 31.5 Å². The molecule has 0 amide bonds. The lowest BCUT2D eigenvalue weighted by molar-refractivity contribution is -0.154. The van der Waals surface area contributed by atoms with Gasteiger partial charge in [0.2, 0.25) is 6.79 Å². The van der Waals surface area contributed by atoms with E-state index < -0.39 is 0 Å². The van der Waals surface area contributed by atoms with Gasteiger partial charge in [0.05, 0.1) is 5.92 Å². The van der Waals surface area contributed by atoms with Crippen molar-refractivity contribution in [1.29, 1.82) is 0 Å². The highest BCUT2D eigenvalue weighted by molar-refractivity contribution is 5.71. The van der Waals surface area contributed by atoms with Gasteiger partial charge in [-0.15, -0.1) is 0 Å². The van der Waals surface area contributed by atoms with Gasteiger partial charge in [-0.2, -0.15) is 0 Å². The number of esters is 1. The van der Waals surface area contributed by atoms with Gasteiger partial charge >= 0.3 is 5.97 Å². The highest BCUT2D eigenvalue weighted by Crippen LogP contribution is 2.18. The first-order valence-corrected chi connectivity index (χ1v) is 5.91. The molecular formula is C14H20O3. The number of aryl methyl sites for hydroxylation is 2. The van der Waals surface area contributed by atoms with E-state index in [-0.39, 0.29) is 18.7 Å². The molecule has 0 radical (unpaired) electrons. The predicted molar refractivity (Wildman–Crippen MR) is 67.0 cm³/mol. The van der Waals surface area contributed by atoms with Crippen molar-refractivity contribution < 1.29 is 14.3 Å². The average molecular weight is 236 g/mol. The lowest BCUT2D eigenvalue weighted by Crippen LogP contribution is -2.17. The minimum Gasteiger partial charge on any atom is -0.457 e. The maximum Gasteiger partial charge on any atom is 0.311 e. The van der Waals surface area contributed by atoms with E-state index >= 15 is 0 Å². The zero-order valence-electron chi connectivity index (χ0n) is 10.9. The van der Waals surface area contributed by atoms with Gasteiger partial charge in [0, 0.05) is 0 Å². The van der Waals surface area contributed by atoms with Crippen LogP contribution < -0.4 is 4.74 Å². The maximum atomic E-state index is 11.4. The van der Waals surface area contributed by atoms with Crippen LogP contribution in [0.5, 0.6) is 5.75 Å². The standard InChI is InChI=1S/C14H20O3/c1-5-11(3)14(15)17-9-16-13-7-6-10(2)8-12(13)4/h6-8,11H,5,9H2,1-4H3. The summed E-state index contributed by atoms with van der Waals surface area (Å²) in [6.45, 7) is 7.78. The van der Waals surface area contributed by atoms with E-state index in [4.69, 9.17) is 9.47 Å². The molecule has 0 N–H and O–H groups in total. The molecule has 0 spiro atoms. The molecule has 1 atom stereocenters. The molecule has 1 aromatic rings. The second kappa shape index (κ2) is 6.28. The molecule has 1 unspecified atom stereocenters. The van der Waals surface area contributed by atoms with E-state index in [1.807, 2.05) is 45.9 Å². The Balaban J connectivity index is 2.43. The van der Waals surface area contributed by atoms with Crippen molar-refractivity contribution in [3.8, 4) is 5.75 Å². The Kier molecular flexibility index (Phi) is 5.01. The van der Waals surface area contributed by atoms with Crippen molar-refractivity contribution in [1.82, 2.24) is 0 Å². The van der Waals surface area contributed by atoms with Crippen LogP contribution in [0.4, 0.5) is 0 Å². The van der Waals surface area contributed by atoms with Gasteiger partial charge in [0.25, 0.3) is 0 Å². The fourth-order valence-corrected chi connectivity index (χ4v) is 1.42. The summed E-state index contributed by atoms with van der Waals surface area (Å²) in [7, 11) is 0. The summed E-state index contributed by atoms with van der Waals surface area (Å²) < 4.78 is 10.4. The molecule has 94 valence electrons. The predicted octanol–water partition coefficient (Wildman–Crippen LogP) is 3.23. The van der Waals surface area contributed by atoms with Crippen LogP contribution in [0.1, 0.15) is 31.4 Å². The summed E-state index contributed by atoms with van der Waals surface area (Å²) in [5.41, 5.74) is 2.23. The summed E-state index contributed by atoms with van der Waals surface area (Å²) in [5, 5.41) is 0. The number of hydrogen-bond donors (Lipinski definition) is 0. The van der Waals surface area contributed by atoms with Gasteiger partial charge in [-0.3, -0.25) is 4.79 Å². The fourth-order valence-electron chi connectivity index (χ4n) is 1.42. The summed E-state index contributed by atoms with van der Waals surface area (Å²) in [6, 6.07) is 5.90. The third kappa shape index (κ3) is 4.10. The van der Waals surface area contributed by atoms with Crippen LogP contribution in [-0.2, 0) is 9.53 Å². The van der Waals surface area contributed by atoms with E-state index in [1.54, 1.807) is 0 Å². The molecule has 0 aromatic heterocycles. The largest absolute Gasteiger partial charge is 0.457 e. The Labute approximate surface area is 103 Å². The van der Waals surface area contributed by atoms with Gasteiger partial charge in [0.15, 0.2) is 0 Å². The highest BCUT2D eigenvalue weighted by atomic mass is 16.7. The lowest BCUT2D eigenvalue weighted by Gasteiger charge is -2.12. The number of carbonyl (C=O) groups excluding carboxylic acids is 1. The van der Waals surface area contributed by atoms with Crippen molar-refractivity contribution in [2.24, 2.45) is 5.92 Å². The number of rotatable bonds is 5. The second-order valence-corrected chi connectivity index (χ2v) is 4.30. The summed E-state index contributed by atoms with van der Waals surface area (Å²) >= 11 is 0. The van der Waals surface area contributed by atoms with Crippen LogP contribution >= 0.6 is 0 Å². The molecule has 3 heteroatoms. The van der Waals surface area contributed by atoms with Crippen LogP contribution in [0.15, 0.2) is 18.2 Å². The Hall–Kier alpha value is -1.51. The van der Waals surface area contributed by atoms with Crippen LogP contribution in [0.25, 0.3) is 0 Å². The SMILES string of the molecule is CCC(C)C(=O)OCOc1ccc(C)cc1C. The first-order chi connectivity index (χ1) is 8.04. The van der Waals surface area contributed by atoms with E-state index in [0.29, 0.717) is 0 Å². The summed E-state index contributed by atoms with van der Waals surface area (Å²) in [6.07, 6.45) is 0.780. The Morgan fingerprint density at radius 3 is 2.65 bits per heavy atom. The van der Waals surface area contributed by atoms with Crippen molar-refractivity contribution in [2.75, 3.05) is 6.79 Å². The molecule has 0 heterocycles. The van der Waals surface area contributed by atoms with Crippen LogP contribution in [0, 0.1) is 19.8 Å². The average Bonchev–Trinajstić information content (AvgIpc) is 2.30. The zero-order valence-corrected chi connectivity index (χ0v) is 10.9. The van der Waals surface area contributed by atoms with Gasteiger partial charge in [-0.05, 0) is 31.9 Å². The molecule has 0 aliphatic rings. The lowest BCUT2D eigenvalue weighted by atomic mass is 10.1. The van der Waals surface area contributed by atoms with Gasteiger partial charge < -0.3 is 9.47 Å². The van der Waals surface area contributed by atoms with Crippen molar-refractivity contribution in [2.45, 2.75) is 34.1 Å². The molecule has 1 aromatic carbocycles. The normalized spacial score (nSPS) is 12.0. The van der Waals surface area contributed by atoms with Crippen LogP contribution in [-0.4, -0.2) is 12.8 Å². The third-order valence-corrected chi connectivity index (χ3v) is 2.76. The number of hydrogen-bond acceptors (Lipinski definition) is 3. The molecule has 0 saturated carbocycles. The fraction of sp³-hybridized carbons (Fsp3) is 0.500. The molecule has 17 heavy (non-hydrogen) atoms. The summed E-state index contributed by atoms with van der Waals surface area (Å²) in [4.78, 5) is 11.4. The number of carbonyl (C=O) groups is 1. The number of ether oxygens (including phenoxy) is 2. The maximum absolute atomic E-state index is 11.4. The Morgan fingerprint density at radius 2 is 2.06 bits per heavy atom. The first kappa shape index (κ1) is 13.6. The van der Waals surface area contributed by atoms with Crippen LogP contribution in [0.3, 0.4) is 0 Å². The smallest absolute Gasteiger partial charge is 0.311 e. The minimum atomic E-state index is -0.211. The van der Waals surface area contributed by atoms with Crippen molar-refractivity contribution in [3.05, 3.63) is 29.3 Å². The minimum absolute atomic E-state index is 0.0208. The molecule has 0 saturated heterocycles.